The molecule has 0 fully saturated rings. The molecule has 5 nitrogen and oxygen atoms in total. The van der Waals surface area contributed by atoms with Crippen LogP contribution < -0.4 is 0 Å². The zero-order chi connectivity index (χ0) is 16.0. The smallest absolute Gasteiger partial charge is 0.338 e. The van der Waals surface area contributed by atoms with Crippen molar-refractivity contribution in [3.05, 3.63) is 53.8 Å². The summed E-state index contributed by atoms with van der Waals surface area (Å²) in [6.45, 7) is 0.0147. The van der Waals surface area contributed by atoms with E-state index in [1.54, 1.807) is 18.2 Å². The number of hydrogen-bond acceptors (Lipinski definition) is 4. The van der Waals surface area contributed by atoms with Gasteiger partial charge in [0.2, 0.25) is 0 Å². The molecular formula is C12H8Br4N2O3. The molecule has 0 aliphatic heterocycles. The number of hydrogen-bond donors (Lipinski definition) is 2. The van der Waals surface area contributed by atoms with E-state index in [2.05, 4.69) is 73.7 Å². The van der Waals surface area contributed by atoms with E-state index in [9.17, 15) is 4.79 Å². The molecule has 2 N–H and O–H groups in total. The molecular weight excluding hydrogens is 540 g/mol. The Kier molecular flexibility index (Phi) is 7.96. The molecule has 0 aliphatic rings. The Morgan fingerprint density at radius 1 is 0.952 bits per heavy atom. The highest BCUT2D eigenvalue weighted by atomic mass is 79.9. The Morgan fingerprint density at radius 2 is 1.48 bits per heavy atom. The molecule has 2 rings (SSSR count). The summed E-state index contributed by atoms with van der Waals surface area (Å²) >= 11 is 12.5. The van der Waals surface area contributed by atoms with E-state index >= 15 is 0 Å². The highest BCUT2D eigenvalue weighted by Gasteiger charge is 2.08. The number of halogens is 4. The van der Waals surface area contributed by atoms with Gasteiger partial charge in [0.25, 0.3) is 0 Å². The van der Waals surface area contributed by atoms with Crippen molar-refractivity contribution in [2.45, 2.75) is 6.61 Å². The van der Waals surface area contributed by atoms with Gasteiger partial charge in [0, 0.05) is 5.56 Å². The van der Waals surface area contributed by atoms with Gasteiger partial charge in [-0.05, 0) is 81.9 Å². The lowest BCUT2D eigenvalue weighted by atomic mass is 10.3. The van der Waals surface area contributed by atoms with Crippen LogP contribution in [0, 0.1) is 0 Å². The van der Waals surface area contributed by atoms with Gasteiger partial charge in [-0.2, -0.15) is 0 Å². The molecule has 112 valence electrons. The van der Waals surface area contributed by atoms with Crippen molar-refractivity contribution in [2.24, 2.45) is 0 Å². The predicted octanol–water partition coefficient (Wildman–Crippen LogP) is 4.40. The third-order valence-corrected chi connectivity index (χ3v) is 4.28. The van der Waals surface area contributed by atoms with Crippen LogP contribution in [0.15, 0.2) is 42.7 Å². The summed E-state index contributed by atoms with van der Waals surface area (Å²) in [7, 11) is 0. The van der Waals surface area contributed by atoms with Gasteiger partial charge >= 0.3 is 5.97 Å². The van der Waals surface area contributed by atoms with E-state index in [0.29, 0.717) is 13.8 Å². The van der Waals surface area contributed by atoms with Crippen molar-refractivity contribution in [2.75, 3.05) is 0 Å². The molecule has 9 heteroatoms. The van der Waals surface area contributed by atoms with Crippen LogP contribution >= 0.6 is 63.7 Å². The number of carboxylic acid groups (broad SMARTS) is 1. The lowest BCUT2D eigenvalue weighted by molar-refractivity contribution is 0.0695. The van der Waals surface area contributed by atoms with Crippen molar-refractivity contribution in [3.63, 3.8) is 0 Å². The van der Waals surface area contributed by atoms with Crippen molar-refractivity contribution in [1.29, 1.82) is 0 Å². The first-order chi connectivity index (χ1) is 9.85. The van der Waals surface area contributed by atoms with Crippen LogP contribution in [0.1, 0.15) is 15.9 Å². The summed E-state index contributed by atoms with van der Waals surface area (Å²) in [4.78, 5) is 18.3. The third kappa shape index (κ3) is 6.11. The number of pyridine rings is 2. The third-order valence-electron chi connectivity index (χ3n) is 2.11. The Labute approximate surface area is 154 Å². The first-order valence-electron chi connectivity index (χ1n) is 5.32. The van der Waals surface area contributed by atoms with E-state index in [1.807, 2.05) is 0 Å². The zero-order valence-corrected chi connectivity index (χ0v) is 16.6. The average Bonchev–Trinajstić information content (AvgIpc) is 2.39. The largest absolute Gasteiger partial charge is 0.478 e. The average molecular weight is 548 g/mol. The van der Waals surface area contributed by atoms with Crippen molar-refractivity contribution in [1.82, 2.24) is 9.97 Å². The first kappa shape index (κ1) is 18.7. The number of nitrogens with zero attached hydrogens (tertiary/aromatic N) is 2. The number of aliphatic hydroxyl groups is 1. The lowest BCUT2D eigenvalue weighted by Crippen LogP contribution is -1.98. The Morgan fingerprint density at radius 3 is 1.90 bits per heavy atom. The van der Waals surface area contributed by atoms with Crippen LogP contribution in [0.25, 0.3) is 0 Å². The van der Waals surface area contributed by atoms with Crippen molar-refractivity contribution >= 4 is 69.7 Å². The van der Waals surface area contributed by atoms with E-state index in [4.69, 9.17) is 10.2 Å². The molecule has 0 bridgehead atoms. The van der Waals surface area contributed by atoms with Crippen molar-refractivity contribution in [3.8, 4) is 0 Å². The number of rotatable bonds is 2. The molecule has 0 saturated carbocycles. The van der Waals surface area contributed by atoms with Crippen LogP contribution in [0.3, 0.4) is 0 Å². The van der Waals surface area contributed by atoms with E-state index in [1.165, 1.54) is 6.07 Å². The van der Waals surface area contributed by atoms with Crippen LogP contribution in [0.4, 0.5) is 0 Å². The fourth-order valence-electron chi connectivity index (χ4n) is 1.13. The molecule has 0 unspecified atom stereocenters. The number of aromatic nitrogens is 2. The summed E-state index contributed by atoms with van der Waals surface area (Å²) in [5.41, 5.74) is 0.955. The number of aromatic carboxylic acids is 1. The summed E-state index contributed by atoms with van der Waals surface area (Å²) in [5, 5.41) is 17.3. The Bertz CT molecular complexity index is 652. The molecule has 2 aromatic rings. The molecule has 0 aliphatic carbocycles. The summed E-state index contributed by atoms with van der Waals surface area (Å²) in [6, 6.07) is 6.65. The van der Waals surface area contributed by atoms with Crippen LogP contribution in [0.2, 0.25) is 0 Å². The second kappa shape index (κ2) is 8.94. The van der Waals surface area contributed by atoms with Gasteiger partial charge in [-0.1, -0.05) is 6.07 Å². The fraction of sp³-hybridized carbons (Fsp3) is 0.0833. The molecule has 0 atom stereocenters. The van der Waals surface area contributed by atoms with Crippen LogP contribution in [-0.2, 0) is 6.61 Å². The quantitative estimate of drug-likeness (QED) is 0.545. The molecule has 21 heavy (non-hydrogen) atoms. The second-order valence-electron chi connectivity index (χ2n) is 3.52. The SMILES string of the molecule is O=C(O)c1ccc(Br)nc1Br.OCc1ccc(Br)nc1Br. The summed E-state index contributed by atoms with van der Waals surface area (Å²) in [6.07, 6.45) is 0. The maximum absolute atomic E-state index is 10.4. The molecule has 0 spiro atoms. The van der Waals surface area contributed by atoms with E-state index in [0.717, 1.165) is 10.2 Å². The number of aliphatic hydroxyl groups excluding tert-OH is 1. The Balaban J connectivity index is 0.000000211. The minimum atomic E-state index is -0.989. The van der Waals surface area contributed by atoms with E-state index in [-0.39, 0.29) is 12.2 Å². The number of carboxylic acids is 1. The molecule has 0 saturated heterocycles. The topological polar surface area (TPSA) is 83.3 Å². The monoisotopic (exact) mass is 544 g/mol. The molecule has 2 aromatic heterocycles. The van der Waals surface area contributed by atoms with E-state index < -0.39 is 5.97 Å². The Hall–Kier alpha value is -0.350. The van der Waals surface area contributed by atoms with Gasteiger partial charge in [0.1, 0.15) is 18.4 Å². The van der Waals surface area contributed by atoms with Crippen LogP contribution in [-0.4, -0.2) is 26.2 Å². The second-order valence-corrected chi connectivity index (χ2v) is 6.65. The summed E-state index contributed by atoms with van der Waals surface area (Å²) in [5.74, 6) is -0.989. The fourth-order valence-corrected chi connectivity index (χ4v) is 3.17. The maximum Gasteiger partial charge on any atom is 0.338 e. The van der Waals surface area contributed by atoms with Crippen molar-refractivity contribution < 1.29 is 15.0 Å². The normalized spacial score (nSPS) is 9.76. The molecule has 0 radical (unpaired) electrons. The number of carbonyl (C=O) groups is 1. The van der Waals surface area contributed by atoms with Crippen LogP contribution in [0.5, 0.6) is 0 Å². The highest BCUT2D eigenvalue weighted by molar-refractivity contribution is 9.11. The van der Waals surface area contributed by atoms with Gasteiger partial charge in [-0.3, -0.25) is 0 Å². The molecule has 0 amide bonds. The standard InChI is InChI=1S/C6H3Br2NO2.C6H5Br2NO/c7-4-2-1-3(6(10)11)5(8)9-4;7-5-2-1-4(3-10)6(8)9-5/h1-2H,(H,10,11);1-2,10H,3H2. The maximum atomic E-state index is 10.4. The lowest BCUT2D eigenvalue weighted by Gasteiger charge is -1.97. The minimum Gasteiger partial charge on any atom is -0.478 e. The van der Waals surface area contributed by atoms with Gasteiger partial charge in [0.05, 0.1) is 12.2 Å². The first-order valence-corrected chi connectivity index (χ1v) is 8.49. The minimum absolute atomic E-state index is 0.0147. The summed E-state index contributed by atoms with van der Waals surface area (Å²) < 4.78 is 2.38. The highest BCUT2D eigenvalue weighted by Crippen LogP contribution is 2.17. The van der Waals surface area contributed by atoms with Gasteiger partial charge in [-0.25, -0.2) is 14.8 Å². The van der Waals surface area contributed by atoms with Gasteiger partial charge in [0.15, 0.2) is 0 Å². The zero-order valence-electron chi connectivity index (χ0n) is 10.2. The van der Waals surface area contributed by atoms with Gasteiger partial charge < -0.3 is 10.2 Å². The van der Waals surface area contributed by atoms with Gasteiger partial charge in [-0.15, -0.1) is 0 Å². The molecule has 0 aromatic carbocycles. The molecule has 2 heterocycles. The predicted molar refractivity (Wildman–Crippen MR) is 92.2 cm³/mol.